The molecule has 2 heterocycles. The third-order valence-electron chi connectivity index (χ3n) is 3.97. The molecule has 1 unspecified atom stereocenters. The molecule has 0 N–H and O–H groups in total. The summed E-state index contributed by atoms with van der Waals surface area (Å²) in [5.41, 5.74) is 0.859. The summed E-state index contributed by atoms with van der Waals surface area (Å²) >= 11 is 0. The van der Waals surface area contributed by atoms with Crippen LogP contribution in [-0.2, 0) is 11.3 Å². The lowest BCUT2D eigenvalue weighted by molar-refractivity contribution is -0.133. The summed E-state index contributed by atoms with van der Waals surface area (Å²) in [6.07, 6.45) is 8.15. The van der Waals surface area contributed by atoms with Crippen molar-refractivity contribution in [3.05, 3.63) is 64.8 Å². The summed E-state index contributed by atoms with van der Waals surface area (Å²) in [6, 6.07) is 8.75. The van der Waals surface area contributed by atoms with E-state index < -0.39 is 0 Å². The fourth-order valence-electron chi connectivity index (χ4n) is 2.58. The standard InChI is InChI=1S/C18H23N3O2/c1-3-4-9-16(15-8-7-11-19-13-15)20(2)18(23)14-21-12-6-5-10-17(21)22/h5-8,10-13,16H,3-4,9,14H2,1-2H3. The van der Waals surface area contributed by atoms with Gasteiger partial charge in [0, 0.05) is 31.7 Å². The topological polar surface area (TPSA) is 55.2 Å². The highest BCUT2D eigenvalue weighted by Gasteiger charge is 2.21. The van der Waals surface area contributed by atoms with Gasteiger partial charge in [-0.1, -0.05) is 31.9 Å². The average molecular weight is 313 g/mol. The number of pyridine rings is 2. The molecule has 0 aromatic carbocycles. The first-order valence-electron chi connectivity index (χ1n) is 7.94. The lowest BCUT2D eigenvalue weighted by Crippen LogP contribution is -2.36. The van der Waals surface area contributed by atoms with E-state index in [-0.39, 0.29) is 24.1 Å². The summed E-state index contributed by atoms with van der Waals surface area (Å²) in [4.78, 5) is 30.2. The summed E-state index contributed by atoms with van der Waals surface area (Å²) in [5.74, 6) is -0.0803. The largest absolute Gasteiger partial charge is 0.337 e. The SMILES string of the molecule is CCCCC(c1cccnc1)N(C)C(=O)Cn1ccccc1=O. The molecule has 23 heavy (non-hydrogen) atoms. The number of carbonyl (C=O) groups excluding carboxylic acids is 1. The Morgan fingerprint density at radius 2 is 2.13 bits per heavy atom. The Morgan fingerprint density at radius 1 is 1.30 bits per heavy atom. The van der Waals surface area contributed by atoms with Crippen molar-refractivity contribution in [2.75, 3.05) is 7.05 Å². The van der Waals surface area contributed by atoms with Crippen LogP contribution in [0.2, 0.25) is 0 Å². The van der Waals surface area contributed by atoms with Crippen molar-refractivity contribution >= 4 is 5.91 Å². The first-order valence-corrected chi connectivity index (χ1v) is 7.94. The molecular weight excluding hydrogens is 290 g/mol. The molecule has 0 aliphatic heterocycles. The van der Waals surface area contributed by atoms with E-state index in [1.54, 1.807) is 42.7 Å². The van der Waals surface area contributed by atoms with Gasteiger partial charge < -0.3 is 9.47 Å². The number of carbonyl (C=O) groups is 1. The zero-order valence-corrected chi connectivity index (χ0v) is 13.7. The minimum absolute atomic E-state index is 0.0180. The number of hydrogen-bond acceptors (Lipinski definition) is 3. The minimum Gasteiger partial charge on any atom is -0.337 e. The summed E-state index contributed by atoms with van der Waals surface area (Å²) < 4.78 is 1.43. The lowest BCUT2D eigenvalue weighted by atomic mass is 10.0. The summed E-state index contributed by atoms with van der Waals surface area (Å²) in [6.45, 7) is 2.19. The number of rotatable bonds is 7. The molecule has 0 bridgehead atoms. The predicted molar refractivity (Wildman–Crippen MR) is 90.0 cm³/mol. The quantitative estimate of drug-likeness (QED) is 0.789. The van der Waals surface area contributed by atoms with E-state index in [2.05, 4.69) is 11.9 Å². The van der Waals surface area contributed by atoms with Gasteiger partial charge in [-0.05, 0) is 24.1 Å². The van der Waals surface area contributed by atoms with Gasteiger partial charge in [0.15, 0.2) is 0 Å². The summed E-state index contributed by atoms with van der Waals surface area (Å²) in [5, 5.41) is 0. The molecule has 0 fully saturated rings. The average Bonchev–Trinajstić information content (AvgIpc) is 2.58. The van der Waals surface area contributed by atoms with Crippen molar-refractivity contribution in [2.45, 2.75) is 38.8 Å². The number of nitrogens with zero attached hydrogens (tertiary/aromatic N) is 3. The van der Waals surface area contributed by atoms with Gasteiger partial charge in [0.2, 0.25) is 5.91 Å². The van der Waals surface area contributed by atoms with E-state index in [0.717, 1.165) is 24.8 Å². The van der Waals surface area contributed by atoms with Crippen molar-refractivity contribution in [1.82, 2.24) is 14.5 Å². The molecular formula is C18H23N3O2. The van der Waals surface area contributed by atoms with Crippen LogP contribution in [0.5, 0.6) is 0 Å². The Morgan fingerprint density at radius 3 is 2.78 bits per heavy atom. The minimum atomic E-state index is -0.166. The van der Waals surface area contributed by atoms with Crippen molar-refractivity contribution in [2.24, 2.45) is 0 Å². The third kappa shape index (κ3) is 4.52. The molecule has 0 radical (unpaired) electrons. The second kappa shape index (κ2) is 8.27. The number of likely N-dealkylation sites (N-methyl/N-ethyl adjacent to an activating group) is 1. The Balaban J connectivity index is 2.16. The zero-order valence-electron chi connectivity index (χ0n) is 13.7. The first kappa shape index (κ1) is 16.9. The van der Waals surface area contributed by atoms with Crippen LogP contribution in [0.3, 0.4) is 0 Å². The van der Waals surface area contributed by atoms with Gasteiger partial charge in [0.1, 0.15) is 6.54 Å². The maximum absolute atomic E-state index is 12.6. The van der Waals surface area contributed by atoms with Crippen LogP contribution < -0.4 is 5.56 Å². The third-order valence-corrected chi connectivity index (χ3v) is 3.97. The zero-order chi connectivity index (χ0) is 16.7. The number of aromatic nitrogens is 2. The summed E-state index contributed by atoms with van der Waals surface area (Å²) in [7, 11) is 1.80. The van der Waals surface area contributed by atoms with Crippen LogP contribution >= 0.6 is 0 Å². The fraction of sp³-hybridized carbons (Fsp3) is 0.389. The maximum atomic E-state index is 12.6. The molecule has 2 aromatic heterocycles. The van der Waals surface area contributed by atoms with Gasteiger partial charge in [0.25, 0.3) is 5.56 Å². The lowest BCUT2D eigenvalue weighted by Gasteiger charge is -2.28. The van der Waals surface area contributed by atoms with E-state index in [1.807, 2.05) is 12.1 Å². The number of amides is 1. The fourth-order valence-corrected chi connectivity index (χ4v) is 2.58. The van der Waals surface area contributed by atoms with Crippen LogP contribution in [-0.4, -0.2) is 27.4 Å². The second-order valence-corrected chi connectivity index (χ2v) is 5.62. The molecule has 0 spiro atoms. The second-order valence-electron chi connectivity index (χ2n) is 5.62. The van der Waals surface area contributed by atoms with Crippen LogP contribution in [0, 0.1) is 0 Å². The molecule has 0 aliphatic rings. The first-order chi connectivity index (χ1) is 11.1. The van der Waals surface area contributed by atoms with Crippen LogP contribution in [0.25, 0.3) is 0 Å². The van der Waals surface area contributed by atoms with Crippen molar-refractivity contribution < 1.29 is 4.79 Å². The van der Waals surface area contributed by atoms with E-state index in [4.69, 9.17) is 0 Å². The van der Waals surface area contributed by atoms with Crippen molar-refractivity contribution in [1.29, 1.82) is 0 Å². The highest BCUT2D eigenvalue weighted by molar-refractivity contribution is 5.76. The Labute approximate surface area is 136 Å². The predicted octanol–water partition coefficient (Wildman–Crippen LogP) is 2.63. The smallest absolute Gasteiger partial charge is 0.250 e. The van der Waals surface area contributed by atoms with Gasteiger partial charge in [-0.2, -0.15) is 0 Å². The van der Waals surface area contributed by atoms with Gasteiger partial charge in [-0.25, -0.2) is 0 Å². The highest BCUT2D eigenvalue weighted by atomic mass is 16.2. The molecule has 0 saturated carbocycles. The molecule has 0 aliphatic carbocycles. The van der Waals surface area contributed by atoms with E-state index in [1.165, 1.54) is 10.6 Å². The molecule has 5 heteroatoms. The van der Waals surface area contributed by atoms with Crippen LogP contribution in [0.1, 0.15) is 37.8 Å². The Hall–Kier alpha value is -2.43. The Bertz CT molecular complexity index is 682. The van der Waals surface area contributed by atoms with Gasteiger partial charge in [-0.3, -0.25) is 14.6 Å². The van der Waals surface area contributed by atoms with E-state index in [9.17, 15) is 9.59 Å². The maximum Gasteiger partial charge on any atom is 0.250 e. The monoisotopic (exact) mass is 313 g/mol. The van der Waals surface area contributed by atoms with Crippen LogP contribution in [0.15, 0.2) is 53.7 Å². The molecule has 5 nitrogen and oxygen atoms in total. The highest BCUT2D eigenvalue weighted by Crippen LogP contribution is 2.24. The Kier molecular flexibility index (Phi) is 6.09. The number of hydrogen-bond donors (Lipinski definition) is 0. The number of unbranched alkanes of at least 4 members (excludes halogenated alkanes) is 1. The molecule has 1 atom stereocenters. The van der Waals surface area contributed by atoms with E-state index >= 15 is 0 Å². The van der Waals surface area contributed by atoms with Gasteiger partial charge in [0.05, 0.1) is 6.04 Å². The molecule has 2 rings (SSSR count). The molecule has 1 amide bonds. The molecule has 0 saturated heterocycles. The molecule has 122 valence electrons. The van der Waals surface area contributed by atoms with E-state index in [0.29, 0.717) is 0 Å². The normalized spacial score (nSPS) is 11.9. The van der Waals surface area contributed by atoms with Crippen LogP contribution in [0.4, 0.5) is 0 Å². The van der Waals surface area contributed by atoms with Crippen molar-refractivity contribution in [3.63, 3.8) is 0 Å². The molecule has 2 aromatic rings. The van der Waals surface area contributed by atoms with Gasteiger partial charge >= 0.3 is 0 Å². The van der Waals surface area contributed by atoms with Crippen molar-refractivity contribution in [3.8, 4) is 0 Å². The van der Waals surface area contributed by atoms with Gasteiger partial charge in [-0.15, -0.1) is 0 Å².